The van der Waals surface area contributed by atoms with E-state index in [0.29, 0.717) is 5.69 Å². The van der Waals surface area contributed by atoms with E-state index in [9.17, 15) is 4.79 Å². The quantitative estimate of drug-likeness (QED) is 0.882. The summed E-state index contributed by atoms with van der Waals surface area (Å²) < 4.78 is 5.04. The van der Waals surface area contributed by atoms with Crippen molar-refractivity contribution < 1.29 is 4.42 Å². The average molecular weight is 244 g/mol. The summed E-state index contributed by atoms with van der Waals surface area (Å²) in [6.45, 7) is 5.93. The Labute approximate surface area is 106 Å². The Kier molecular flexibility index (Phi) is 3.19. The highest BCUT2D eigenvalue weighted by Gasteiger charge is 2.13. The highest BCUT2D eigenvalue weighted by atomic mass is 16.4. The zero-order valence-corrected chi connectivity index (χ0v) is 10.7. The maximum atomic E-state index is 11.5. The van der Waals surface area contributed by atoms with E-state index in [1.807, 2.05) is 51.1 Å². The number of rotatable bonds is 2. The second kappa shape index (κ2) is 4.64. The second-order valence-electron chi connectivity index (χ2n) is 5.11. The van der Waals surface area contributed by atoms with E-state index in [2.05, 4.69) is 10.3 Å². The van der Waals surface area contributed by atoms with Gasteiger partial charge in [0.15, 0.2) is 0 Å². The predicted molar refractivity (Wildman–Crippen MR) is 71.6 cm³/mol. The van der Waals surface area contributed by atoms with E-state index < -0.39 is 5.63 Å². The lowest BCUT2D eigenvalue weighted by Gasteiger charge is -2.19. The summed E-state index contributed by atoms with van der Waals surface area (Å²) in [6.07, 6.45) is 0. The van der Waals surface area contributed by atoms with Crippen molar-refractivity contribution >= 4 is 6.01 Å². The molecule has 94 valence electrons. The molecular weight excluding hydrogens is 228 g/mol. The van der Waals surface area contributed by atoms with Crippen molar-refractivity contribution in [3.63, 3.8) is 0 Å². The largest absolute Gasteiger partial charge is 0.389 e. The smallest absolute Gasteiger partial charge is 0.340 e. The minimum Gasteiger partial charge on any atom is -0.389 e. The lowest BCUT2D eigenvalue weighted by molar-refractivity contribution is 0.482. The molecule has 1 aromatic carbocycles. The molecule has 0 radical (unpaired) electrons. The van der Waals surface area contributed by atoms with Crippen molar-refractivity contribution in [2.24, 2.45) is 0 Å². The molecule has 2 aromatic rings. The molecular formula is C14H16N2O2. The molecule has 1 aromatic heterocycles. The fourth-order valence-corrected chi connectivity index (χ4v) is 1.53. The molecule has 0 atom stereocenters. The van der Waals surface area contributed by atoms with E-state index in [1.54, 1.807) is 0 Å². The first kappa shape index (κ1) is 12.4. The Balaban J connectivity index is 2.42. The molecule has 0 aliphatic rings. The van der Waals surface area contributed by atoms with Crippen LogP contribution in [0.5, 0.6) is 0 Å². The van der Waals surface area contributed by atoms with Crippen LogP contribution in [0.3, 0.4) is 0 Å². The number of benzene rings is 1. The molecule has 1 heterocycles. The molecule has 0 fully saturated rings. The summed E-state index contributed by atoms with van der Waals surface area (Å²) in [7, 11) is 0. The second-order valence-corrected chi connectivity index (χ2v) is 5.11. The molecule has 0 saturated carbocycles. The minimum atomic E-state index is -0.407. The Morgan fingerprint density at radius 2 is 1.83 bits per heavy atom. The van der Waals surface area contributed by atoms with E-state index in [0.717, 1.165) is 5.56 Å². The van der Waals surface area contributed by atoms with Crippen LogP contribution in [-0.2, 0) is 0 Å². The van der Waals surface area contributed by atoms with Crippen molar-refractivity contribution in [1.82, 2.24) is 4.98 Å². The Hall–Kier alpha value is -2.10. The molecule has 2 rings (SSSR count). The standard InChI is InChI=1S/C14H16N2O2/c1-14(2,3)16-13-15-11(9-12(17)18-13)10-7-5-4-6-8-10/h4-9H,1-3H3,(H,15,16). The van der Waals surface area contributed by atoms with E-state index in [1.165, 1.54) is 6.07 Å². The summed E-state index contributed by atoms with van der Waals surface area (Å²) >= 11 is 0. The molecule has 18 heavy (non-hydrogen) atoms. The van der Waals surface area contributed by atoms with Gasteiger partial charge in [0.1, 0.15) is 0 Å². The van der Waals surface area contributed by atoms with Gasteiger partial charge in [-0.3, -0.25) is 0 Å². The number of hydrogen-bond acceptors (Lipinski definition) is 4. The van der Waals surface area contributed by atoms with Crippen LogP contribution in [0, 0.1) is 0 Å². The molecule has 0 unspecified atom stereocenters. The maximum Gasteiger partial charge on any atom is 0.340 e. The van der Waals surface area contributed by atoms with Crippen LogP contribution < -0.4 is 10.9 Å². The predicted octanol–water partition coefficient (Wildman–Crippen LogP) is 2.91. The molecule has 4 nitrogen and oxygen atoms in total. The zero-order chi connectivity index (χ0) is 13.2. The lowest BCUT2D eigenvalue weighted by atomic mass is 10.1. The Morgan fingerprint density at radius 3 is 2.44 bits per heavy atom. The molecule has 0 amide bonds. The van der Waals surface area contributed by atoms with Gasteiger partial charge in [-0.1, -0.05) is 30.3 Å². The Bertz CT molecular complexity index is 583. The van der Waals surface area contributed by atoms with Gasteiger partial charge >= 0.3 is 5.63 Å². The van der Waals surface area contributed by atoms with Gasteiger partial charge in [-0.15, -0.1) is 0 Å². The third-order valence-corrected chi connectivity index (χ3v) is 2.23. The number of nitrogens with one attached hydrogen (secondary N) is 1. The number of nitrogens with zero attached hydrogens (tertiary/aromatic N) is 1. The molecule has 0 aliphatic carbocycles. The topological polar surface area (TPSA) is 55.1 Å². The van der Waals surface area contributed by atoms with E-state index in [4.69, 9.17) is 4.42 Å². The van der Waals surface area contributed by atoms with Crippen molar-refractivity contribution in [2.45, 2.75) is 26.3 Å². The first-order chi connectivity index (χ1) is 8.44. The van der Waals surface area contributed by atoms with Gasteiger partial charge in [0.2, 0.25) is 0 Å². The normalized spacial score (nSPS) is 11.3. The van der Waals surface area contributed by atoms with Crippen LogP contribution >= 0.6 is 0 Å². The first-order valence-electron chi connectivity index (χ1n) is 5.80. The van der Waals surface area contributed by atoms with Crippen LogP contribution in [0.25, 0.3) is 11.3 Å². The SMILES string of the molecule is CC(C)(C)Nc1nc(-c2ccccc2)cc(=O)o1. The monoisotopic (exact) mass is 244 g/mol. The van der Waals surface area contributed by atoms with Crippen molar-refractivity contribution in [1.29, 1.82) is 0 Å². The molecule has 1 N–H and O–H groups in total. The van der Waals surface area contributed by atoms with Gasteiger partial charge in [0.05, 0.1) is 11.8 Å². The van der Waals surface area contributed by atoms with Crippen molar-refractivity contribution in [3.05, 3.63) is 46.8 Å². The molecule has 0 spiro atoms. The number of anilines is 1. The fourth-order valence-electron chi connectivity index (χ4n) is 1.53. The van der Waals surface area contributed by atoms with Gasteiger partial charge < -0.3 is 9.73 Å². The lowest BCUT2D eigenvalue weighted by Crippen LogP contribution is -2.27. The van der Waals surface area contributed by atoms with Gasteiger partial charge in [0.25, 0.3) is 6.01 Å². The highest BCUT2D eigenvalue weighted by molar-refractivity contribution is 5.59. The average Bonchev–Trinajstić information content (AvgIpc) is 2.27. The molecule has 0 saturated heterocycles. The van der Waals surface area contributed by atoms with Crippen LogP contribution in [0.1, 0.15) is 20.8 Å². The highest BCUT2D eigenvalue weighted by Crippen LogP contribution is 2.18. The van der Waals surface area contributed by atoms with Gasteiger partial charge in [-0.05, 0) is 20.8 Å². The summed E-state index contributed by atoms with van der Waals surface area (Å²) in [6, 6.07) is 11.2. The summed E-state index contributed by atoms with van der Waals surface area (Å²) in [5.74, 6) is 0. The van der Waals surface area contributed by atoms with E-state index in [-0.39, 0.29) is 11.6 Å². The minimum absolute atomic E-state index is 0.210. The van der Waals surface area contributed by atoms with Crippen LogP contribution in [0.4, 0.5) is 6.01 Å². The van der Waals surface area contributed by atoms with Gasteiger partial charge in [-0.2, -0.15) is 4.98 Å². The third-order valence-electron chi connectivity index (χ3n) is 2.23. The summed E-state index contributed by atoms with van der Waals surface area (Å²) in [4.78, 5) is 15.8. The number of aromatic nitrogens is 1. The molecule has 4 heteroatoms. The third kappa shape index (κ3) is 3.20. The first-order valence-corrected chi connectivity index (χ1v) is 5.80. The van der Waals surface area contributed by atoms with Crippen LogP contribution in [-0.4, -0.2) is 10.5 Å². The van der Waals surface area contributed by atoms with Crippen molar-refractivity contribution in [3.8, 4) is 11.3 Å². The van der Waals surface area contributed by atoms with Gasteiger partial charge in [0, 0.05) is 11.1 Å². The van der Waals surface area contributed by atoms with Crippen molar-refractivity contribution in [2.75, 3.05) is 5.32 Å². The van der Waals surface area contributed by atoms with Crippen LogP contribution in [0.15, 0.2) is 45.6 Å². The zero-order valence-electron chi connectivity index (χ0n) is 10.7. The fraction of sp³-hybridized carbons (Fsp3) is 0.286. The van der Waals surface area contributed by atoms with Crippen LogP contribution in [0.2, 0.25) is 0 Å². The van der Waals surface area contributed by atoms with Gasteiger partial charge in [-0.25, -0.2) is 4.79 Å². The maximum absolute atomic E-state index is 11.5. The summed E-state index contributed by atoms with van der Waals surface area (Å²) in [5, 5.41) is 3.05. The molecule has 0 aliphatic heterocycles. The molecule has 0 bridgehead atoms. The van der Waals surface area contributed by atoms with E-state index >= 15 is 0 Å². The Morgan fingerprint density at radius 1 is 1.17 bits per heavy atom. The number of hydrogen-bond donors (Lipinski definition) is 1. The summed E-state index contributed by atoms with van der Waals surface area (Å²) in [5.41, 5.74) is 0.884.